The molecule has 154 valence electrons. The fourth-order valence-electron chi connectivity index (χ4n) is 2.30. The van der Waals surface area contributed by atoms with E-state index in [4.69, 9.17) is 4.74 Å². The van der Waals surface area contributed by atoms with E-state index in [0.717, 1.165) is 25.7 Å². The first kappa shape index (κ1) is 24.6. The van der Waals surface area contributed by atoms with Gasteiger partial charge in [-0.3, -0.25) is 9.59 Å². The molecule has 0 rings (SSSR count). The number of hydrogen-bond acceptors (Lipinski definition) is 4. The minimum atomic E-state index is -5.84. The average Bonchev–Trinajstić information content (AvgIpc) is 2.56. The van der Waals surface area contributed by atoms with Gasteiger partial charge < -0.3 is 9.47 Å². The molecule has 0 aromatic rings. The molecule has 0 radical (unpaired) electrons. The third-order valence-electron chi connectivity index (χ3n) is 4.27. The molecule has 0 aromatic heterocycles. The van der Waals surface area contributed by atoms with Crippen LogP contribution in [0.3, 0.4) is 0 Å². The van der Waals surface area contributed by atoms with Gasteiger partial charge in [-0.05, 0) is 19.3 Å². The summed E-state index contributed by atoms with van der Waals surface area (Å²) in [7, 11) is 0. The molecule has 4 nitrogen and oxygen atoms in total. The molecule has 0 bridgehead atoms. The summed E-state index contributed by atoms with van der Waals surface area (Å²) in [5.74, 6) is -7.57. The summed E-state index contributed by atoms with van der Waals surface area (Å²) in [6.07, 6.45) is -1.64. The molecule has 0 saturated carbocycles. The predicted molar refractivity (Wildman–Crippen MR) is 84.7 cm³/mol. The fraction of sp³-hybridized carbons (Fsp3) is 0.882. The minimum Gasteiger partial charge on any atom is -0.465 e. The number of carbonyl (C=O) groups is 2. The Morgan fingerprint density at radius 1 is 0.769 bits per heavy atom. The highest BCUT2D eigenvalue weighted by molar-refractivity contribution is 6.00. The standard InChI is InChI=1S/C17H27F5O4/c1-4-7-8-9-10-11-25-13(23)15(5-2,6-3)14(24)26-12-16(18,19)17(20,21)22/h4-12H2,1-3H3. The number of halogens is 5. The number of carbonyl (C=O) groups excluding carboxylic acids is 2. The van der Waals surface area contributed by atoms with Gasteiger partial charge in [0, 0.05) is 0 Å². The monoisotopic (exact) mass is 390 g/mol. The molecule has 9 heteroatoms. The maximum atomic E-state index is 12.9. The molecule has 0 unspecified atom stereocenters. The Morgan fingerprint density at radius 3 is 1.73 bits per heavy atom. The van der Waals surface area contributed by atoms with Crippen molar-refractivity contribution in [2.24, 2.45) is 5.41 Å². The third kappa shape index (κ3) is 6.72. The lowest BCUT2D eigenvalue weighted by atomic mass is 9.82. The zero-order chi connectivity index (χ0) is 20.4. The molecule has 0 N–H and O–H groups in total. The Balaban J connectivity index is 4.79. The van der Waals surface area contributed by atoms with Crippen LogP contribution in [-0.2, 0) is 19.1 Å². The summed E-state index contributed by atoms with van der Waals surface area (Å²) in [6.45, 7) is 2.81. The van der Waals surface area contributed by atoms with Crippen molar-refractivity contribution in [2.75, 3.05) is 13.2 Å². The summed E-state index contributed by atoms with van der Waals surface area (Å²) < 4.78 is 71.5. The van der Waals surface area contributed by atoms with E-state index in [2.05, 4.69) is 4.74 Å². The van der Waals surface area contributed by atoms with Crippen LogP contribution in [0.5, 0.6) is 0 Å². The highest BCUT2D eigenvalue weighted by atomic mass is 19.4. The summed E-state index contributed by atoms with van der Waals surface area (Å²) in [6, 6.07) is 0. The number of unbranched alkanes of at least 4 members (excludes halogenated alkanes) is 4. The van der Waals surface area contributed by atoms with E-state index in [1.807, 2.05) is 6.92 Å². The largest absolute Gasteiger partial charge is 0.465 e. The van der Waals surface area contributed by atoms with Gasteiger partial charge in [0.05, 0.1) is 6.61 Å². The van der Waals surface area contributed by atoms with Crippen molar-refractivity contribution in [1.29, 1.82) is 0 Å². The summed E-state index contributed by atoms with van der Waals surface area (Å²) in [5, 5.41) is 0. The number of hydrogen-bond donors (Lipinski definition) is 0. The van der Waals surface area contributed by atoms with Crippen molar-refractivity contribution in [3.63, 3.8) is 0 Å². The first-order chi connectivity index (χ1) is 12.0. The van der Waals surface area contributed by atoms with E-state index in [9.17, 15) is 31.5 Å². The Hall–Kier alpha value is -1.41. The molecule has 0 spiro atoms. The second-order valence-electron chi connectivity index (χ2n) is 6.12. The van der Waals surface area contributed by atoms with Gasteiger partial charge in [0.2, 0.25) is 0 Å². The van der Waals surface area contributed by atoms with Gasteiger partial charge in [-0.1, -0.05) is 46.5 Å². The topological polar surface area (TPSA) is 52.6 Å². The van der Waals surface area contributed by atoms with Gasteiger partial charge in [-0.15, -0.1) is 0 Å². The van der Waals surface area contributed by atoms with E-state index in [1.165, 1.54) is 13.8 Å². The highest BCUT2D eigenvalue weighted by Gasteiger charge is 2.59. The quantitative estimate of drug-likeness (QED) is 0.203. The molecule has 0 atom stereocenters. The van der Waals surface area contributed by atoms with Crippen molar-refractivity contribution < 1.29 is 41.0 Å². The number of alkyl halides is 5. The zero-order valence-corrected chi connectivity index (χ0v) is 15.4. The van der Waals surface area contributed by atoms with Crippen LogP contribution in [-0.4, -0.2) is 37.3 Å². The lowest BCUT2D eigenvalue weighted by molar-refractivity contribution is -0.295. The second-order valence-corrected chi connectivity index (χ2v) is 6.12. The number of esters is 2. The van der Waals surface area contributed by atoms with Crippen molar-refractivity contribution >= 4 is 11.9 Å². The predicted octanol–water partition coefficient (Wildman–Crippen LogP) is 5.05. The SMILES string of the molecule is CCCCCCCOC(=O)C(CC)(CC)C(=O)OCC(F)(F)C(F)(F)F. The van der Waals surface area contributed by atoms with Gasteiger partial charge in [0.25, 0.3) is 0 Å². The van der Waals surface area contributed by atoms with Gasteiger partial charge in [-0.25, -0.2) is 0 Å². The van der Waals surface area contributed by atoms with Gasteiger partial charge in [-0.2, -0.15) is 22.0 Å². The van der Waals surface area contributed by atoms with Crippen molar-refractivity contribution in [3.05, 3.63) is 0 Å². The molecule has 0 fully saturated rings. The average molecular weight is 390 g/mol. The smallest absolute Gasteiger partial charge is 0.456 e. The van der Waals surface area contributed by atoms with Crippen LogP contribution >= 0.6 is 0 Å². The summed E-state index contributed by atoms with van der Waals surface area (Å²) in [4.78, 5) is 24.3. The van der Waals surface area contributed by atoms with Crippen molar-refractivity contribution in [3.8, 4) is 0 Å². The number of rotatable bonds is 12. The Labute approximate surface area is 150 Å². The van der Waals surface area contributed by atoms with E-state index in [0.29, 0.717) is 6.42 Å². The zero-order valence-electron chi connectivity index (χ0n) is 15.4. The van der Waals surface area contributed by atoms with Crippen LogP contribution < -0.4 is 0 Å². The summed E-state index contributed by atoms with van der Waals surface area (Å²) >= 11 is 0. The van der Waals surface area contributed by atoms with E-state index < -0.39 is 36.1 Å². The van der Waals surface area contributed by atoms with E-state index >= 15 is 0 Å². The first-order valence-electron chi connectivity index (χ1n) is 8.77. The van der Waals surface area contributed by atoms with Gasteiger partial charge >= 0.3 is 24.0 Å². The van der Waals surface area contributed by atoms with Gasteiger partial charge in [0.15, 0.2) is 12.0 Å². The van der Waals surface area contributed by atoms with Crippen LogP contribution in [0.4, 0.5) is 22.0 Å². The Kier molecular flexibility index (Phi) is 10.1. The molecule has 0 saturated heterocycles. The maximum absolute atomic E-state index is 12.9. The maximum Gasteiger partial charge on any atom is 0.456 e. The van der Waals surface area contributed by atoms with Crippen LogP contribution in [0, 0.1) is 5.41 Å². The Morgan fingerprint density at radius 2 is 1.27 bits per heavy atom. The molecule has 0 aliphatic rings. The van der Waals surface area contributed by atoms with E-state index in [1.54, 1.807) is 0 Å². The molecule has 0 aromatic carbocycles. The lowest BCUT2D eigenvalue weighted by Crippen LogP contribution is -2.46. The van der Waals surface area contributed by atoms with Crippen molar-refractivity contribution in [1.82, 2.24) is 0 Å². The van der Waals surface area contributed by atoms with Crippen LogP contribution in [0.1, 0.15) is 65.7 Å². The van der Waals surface area contributed by atoms with E-state index in [-0.39, 0.29) is 19.4 Å². The normalized spacial score (nSPS) is 12.8. The van der Waals surface area contributed by atoms with Crippen LogP contribution in [0.2, 0.25) is 0 Å². The lowest BCUT2D eigenvalue weighted by Gasteiger charge is -2.28. The third-order valence-corrected chi connectivity index (χ3v) is 4.27. The molecule has 0 aliphatic heterocycles. The molecular weight excluding hydrogens is 363 g/mol. The van der Waals surface area contributed by atoms with Crippen molar-refractivity contribution in [2.45, 2.75) is 77.8 Å². The highest BCUT2D eigenvalue weighted by Crippen LogP contribution is 2.37. The summed E-state index contributed by atoms with van der Waals surface area (Å²) in [5.41, 5.74) is -1.88. The second kappa shape index (κ2) is 10.7. The number of ether oxygens (including phenoxy) is 2. The first-order valence-corrected chi connectivity index (χ1v) is 8.77. The fourth-order valence-corrected chi connectivity index (χ4v) is 2.30. The minimum absolute atomic E-state index is 0.0519. The molecule has 0 amide bonds. The molecule has 0 heterocycles. The molecular formula is C17H27F5O4. The van der Waals surface area contributed by atoms with Crippen LogP contribution in [0.25, 0.3) is 0 Å². The van der Waals surface area contributed by atoms with Crippen LogP contribution in [0.15, 0.2) is 0 Å². The molecule has 0 aliphatic carbocycles. The van der Waals surface area contributed by atoms with Gasteiger partial charge in [0.1, 0.15) is 0 Å². The Bertz CT molecular complexity index is 445. The molecule has 26 heavy (non-hydrogen) atoms.